The van der Waals surface area contributed by atoms with Gasteiger partial charge in [0.15, 0.2) is 5.96 Å². The highest BCUT2D eigenvalue weighted by atomic mass is 127. The van der Waals surface area contributed by atoms with Crippen LogP contribution >= 0.6 is 24.0 Å². The number of rotatable bonds is 7. The van der Waals surface area contributed by atoms with Gasteiger partial charge in [-0.1, -0.05) is 0 Å². The van der Waals surface area contributed by atoms with Crippen LogP contribution in [-0.2, 0) is 14.2 Å². The van der Waals surface area contributed by atoms with Gasteiger partial charge in [-0.15, -0.1) is 24.0 Å². The number of carbonyl (C=O) groups excluding carboxylic acids is 1. The maximum absolute atomic E-state index is 11.5. The van der Waals surface area contributed by atoms with Crippen molar-refractivity contribution in [3.63, 3.8) is 0 Å². The van der Waals surface area contributed by atoms with Gasteiger partial charge in [-0.05, 0) is 39.0 Å². The fraction of sp³-hybridized carbons (Fsp3) is 0.889. The summed E-state index contributed by atoms with van der Waals surface area (Å²) >= 11 is 0. The molecule has 2 aliphatic heterocycles. The molecule has 0 spiro atoms. The summed E-state index contributed by atoms with van der Waals surface area (Å²) in [6.07, 6.45) is 4.80. The zero-order chi connectivity index (χ0) is 18.6. The van der Waals surface area contributed by atoms with Gasteiger partial charge in [-0.2, -0.15) is 0 Å². The van der Waals surface area contributed by atoms with Crippen molar-refractivity contribution in [1.82, 2.24) is 15.5 Å². The Morgan fingerprint density at radius 1 is 1.22 bits per heavy atom. The summed E-state index contributed by atoms with van der Waals surface area (Å²) < 4.78 is 16.0. The van der Waals surface area contributed by atoms with Crippen molar-refractivity contribution in [3.8, 4) is 0 Å². The molecule has 27 heavy (non-hydrogen) atoms. The van der Waals surface area contributed by atoms with Crippen LogP contribution in [0.5, 0.6) is 0 Å². The lowest BCUT2D eigenvalue weighted by Crippen LogP contribution is -2.49. The number of amides is 1. The van der Waals surface area contributed by atoms with E-state index in [-0.39, 0.29) is 30.1 Å². The minimum Gasteiger partial charge on any atom is -0.453 e. The molecule has 0 saturated carbocycles. The number of nitrogens with zero attached hydrogens (tertiary/aromatic N) is 2. The molecule has 158 valence electrons. The van der Waals surface area contributed by atoms with E-state index in [4.69, 9.17) is 14.2 Å². The van der Waals surface area contributed by atoms with E-state index in [0.717, 1.165) is 71.0 Å². The lowest BCUT2D eigenvalue weighted by Gasteiger charge is -2.32. The third-order valence-corrected chi connectivity index (χ3v) is 4.71. The van der Waals surface area contributed by atoms with Gasteiger partial charge < -0.3 is 29.7 Å². The smallest absolute Gasteiger partial charge is 0.409 e. The van der Waals surface area contributed by atoms with Crippen molar-refractivity contribution in [2.24, 2.45) is 4.99 Å². The SMILES string of the molecule is CCNC(=NCCCOC1CCOCC1)NC1CCN(C(=O)OC)CC1.I. The molecule has 0 unspecified atom stereocenters. The summed E-state index contributed by atoms with van der Waals surface area (Å²) in [4.78, 5) is 17.9. The Labute approximate surface area is 179 Å². The van der Waals surface area contributed by atoms with Crippen LogP contribution in [-0.4, -0.2) is 82.2 Å². The van der Waals surface area contributed by atoms with E-state index in [1.807, 2.05) is 0 Å². The normalized spacial score (nSPS) is 19.3. The third-order valence-electron chi connectivity index (χ3n) is 4.71. The lowest BCUT2D eigenvalue weighted by atomic mass is 10.1. The maximum atomic E-state index is 11.5. The van der Waals surface area contributed by atoms with Gasteiger partial charge in [0.25, 0.3) is 0 Å². The minimum absolute atomic E-state index is 0. The molecule has 9 heteroatoms. The van der Waals surface area contributed by atoms with Crippen LogP contribution in [0.25, 0.3) is 0 Å². The molecule has 0 aromatic carbocycles. The molecule has 0 aromatic rings. The Bertz CT molecular complexity index is 439. The zero-order valence-corrected chi connectivity index (χ0v) is 18.9. The molecule has 2 saturated heterocycles. The van der Waals surface area contributed by atoms with Gasteiger partial charge >= 0.3 is 6.09 Å². The van der Waals surface area contributed by atoms with Crippen molar-refractivity contribution in [3.05, 3.63) is 0 Å². The number of piperidine rings is 1. The second kappa shape index (κ2) is 14.2. The van der Waals surface area contributed by atoms with E-state index in [9.17, 15) is 4.79 Å². The summed E-state index contributed by atoms with van der Waals surface area (Å²) in [6, 6.07) is 0.326. The first-order chi connectivity index (χ1) is 12.7. The second-order valence-electron chi connectivity index (χ2n) is 6.67. The quantitative estimate of drug-likeness (QED) is 0.242. The molecule has 0 aliphatic carbocycles. The van der Waals surface area contributed by atoms with Gasteiger partial charge in [0.05, 0.1) is 13.2 Å². The molecule has 2 heterocycles. The van der Waals surface area contributed by atoms with Crippen LogP contribution in [0.3, 0.4) is 0 Å². The average Bonchev–Trinajstić information content (AvgIpc) is 2.68. The lowest BCUT2D eigenvalue weighted by molar-refractivity contribution is -0.0318. The Kier molecular flexibility index (Phi) is 12.8. The highest BCUT2D eigenvalue weighted by molar-refractivity contribution is 14.0. The van der Waals surface area contributed by atoms with Gasteiger partial charge in [0.1, 0.15) is 0 Å². The summed E-state index contributed by atoms with van der Waals surface area (Å²) in [6.45, 7) is 7.41. The number of aliphatic imine (C=N–C) groups is 1. The highest BCUT2D eigenvalue weighted by Gasteiger charge is 2.23. The summed E-state index contributed by atoms with van der Waals surface area (Å²) in [7, 11) is 1.42. The van der Waals surface area contributed by atoms with E-state index < -0.39 is 0 Å². The van der Waals surface area contributed by atoms with E-state index in [0.29, 0.717) is 25.2 Å². The first-order valence-electron chi connectivity index (χ1n) is 9.80. The molecule has 2 aliphatic rings. The number of guanidine groups is 1. The zero-order valence-electron chi connectivity index (χ0n) is 16.6. The van der Waals surface area contributed by atoms with Crippen LogP contribution in [0.15, 0.2) is 4.99 Å². The summed E-state index contributed by atoms with van der Waals surface area (Å²) in [5.41, 5.74) is 0. The molecular formula is C18H35IN4O4. The predicted octanol–water partition coefficient (Wildman–Crippen LogP) is 1.98. The first-order valence-corrected chi connectivity index (χ1v) is 9.80. The summed E-state index contributed by atoms with van der Waals surface area (Å²) in [5.74, 6) is 0.843. The van der Waals surface area contributed by atoms with Gasteiger partial charge in [-0.25, -0.2) is 4.79 Å². The Morgan fingerprint density at radius 2 is 1.93 bits per heavy atom. The number of likely N-dealkylation sites (tertiary alicyclic amines) is 1. The molecule has 2 rings (SSSR count). The molecular weight excluding hydrogens is 463 g/mol. The van der Waals surface area contributed by atoms with Crippen LogP contribution < -0.4 is 10.6 Å². The Morgan fingerprint density at radius 3 is 2.56 bits per heavy atom. The third kappa shape index (κ3) is 9.29. The molecule has 8 nitrogen and oxygen atoms in total. The fourth-order valence-corrected chi connectivity index (χ4v) is 3.20. The highest BCUT2D eigenvalue weighted by Crippen LogP contribution is 2.12. The van der Waals surface area contributed by atoms with Crippen LogP contribution in [0.1, 0.15) is 39.0 Å². The number of halogens is 1. The van der Waals surface area contributed by atoms with Gasteiger partial charge in [0.2, 0.25) is 0 Å². The Hall–Kier alpha value is -0.810. The average molecular weight is 498 g/mol. The van der Waals surface area contributed by atoms with E-state index in [2.05, 4.69) is 22.5 Å². The minimum atomic E-state index is -0.242. The van der Waals surface area contributed by atoms with Crippen molar-refractivity contribution >= 4 is 36.0 Å². The van der Waals surface area contributed by atoms with Gasteiger partial charge in [0, 0.05) is 52.0 Å². The topological polar surface area (TPSA) is 84.4 Å². The number of methoxy groups -OCH3 is 1. The molecule has 0 aromatic heterocycles. The molecule has 0 radical (unpaired) electrons. The Balaban J connectivity index is 0.00000364. The molecule has 1 amide bonds. The number of hydrogen-bond donors (Lipinski definition) is 2. The van der Waals surface area contributed by atoms with Crippen molar-refractivity contribution in [2.75, 3.05) is 53.1 Å². The fourth-order valence-electron chi connectivity index (χ4n) is 3.20. The first kappa shape index (κ1) is 24.2. The van der Waals surface area contributed by atoms with Gasteiger partial charge in [-0.3, -0.25) is 4.99 Å². The second-order valence-corrected chi connectivity index (χ2v) is 6.67. The maximum Gasteiger partial charge on any atom is 0.409 e. The van der Waals surface area contributed by atoms with Crippen molar-refractivity contribution in [1.29, 1.82) is 0 Å². The van der Waals surface area contributed by atoms with E-state index in [1.54, 1.807) is 4.90 Å². The van der Waals surface area contributed by atoms with Crippen LogP contribution in [0.2, 0.25) is 0 Å². The van der Waals surface area contributed by atoms with Crippen molar-refractivity contribution in [2.45, 2.75) is 51.2 Å². The molecule has 0 bridgehead atoms. The van der Waals surface area contributed by atoms with Crippen LogP contribution in [0, 0.1) is 0 Å². The number of hydrogen-bond acceptors (Lipinski definition) is 5. The summed E-state index contributed by atoms with van der Waals surface area (Å²) in [5, 5.41) is 6.77. The molecule has 0 atom stereocenters. The number of ether oxygens (including phenoxy) is 3. The standard InChI is InChI=1S/C18H34N4O4.HI/c1-3-19-17(20-9-4-12-26-16-7-13-25-14-8-16)21-15-5-10-22(11-6-15)18(23)24-2;/h15-16H,3-14H2,1-2H3,(H2,19,20,21);1H. The monoisotopic (exact) mass is 498 g/mol. The number of nitrogens with one attached hydrogen (secondary N) is 2. The van der Waals surface area contributed by atoms with Crippen LogP contribution in [0.4, 0.5) is 4.79 Å². The van der Waals surface area contributed by atoms with Crippen molar-refractivity contribution < 1.29 is 19.0 Å². The largest absolute Gasteiger partial charge is 0.453 e. The molecule has 2 fully saturated rings. The molecule has 2 N–H and O–H groups in total. The predicted molar refractivity (Wildman–Crippen MR) is 116 cm³/mol. The van der Waals surface area contributed by atoms with E-state index >= 15 is 0 Å². The number of carbonyl (C=O) groups is 1. The van der Waals surface area contributed by atoms with E-state index in [1.165, 1.54) is 7.11 Å².